The lowest BCUT2D eigenvalue weighted by Crippen LogP contribution is -2.36. The first kappa shape index (κ1) is 21.7. The second-order valence-corrected chi connectivity index (χ2v) is 9.38. The van der Waals surface area contributed by atoms with E-state index in [1.165, 1.54) is 17.8 Å². The van der Waals surface area contributed by atoms with Gasteiger partial charge in [-0.15, -0.1) is 11.3 Å². The summed E-state index contributed by atoms with van der Waals surface area (Å²) in [5.74, 6) is -0.461. The predicted molar refractivity (Wildman–Crippen MR) is 131 cm³/mol. The minimum Gasteiger partial charge on any atom is -0.349 e. The molecule has 2 aromatic carbocycles. The standard InChI is InChI=1S/C23H22ClN3O2S2/c24-19-17-11-4-5-12-18(17)31-20(19)22(29)27-23(30)26-16-10-6-7-14(13-16)21(28)25-15-8-2-1-3-9-15/h4-7,10-13,15H,1-3,8-9H2,(H,25,28)(H2,26,27,29,30). The number of anilines is 1. The van der Waals surface area contributed by atoms with Gasteiger partial charge in [0.2, 0.25) is 0 Å². The molecule has 1 aromatic heterocycles. The maximum Gasteiger partial charge on any atom is 0.269 e. The molecule has 8 heteroatoms. The summed E-state index contributed by atoms with van der Waals surface area (Å²) in [6, 6.07) is 14.9. The fourth-order valence-electron chi connectivity index (χ4n) is 3.74. The quantitative estimate of drug-likeness (QED) is 0.424. The third-order valence-corrected chi connectivity index (χ3v) is 7.17. The van der Waals surface area contributed by atoms with Crippen molar-refractivity contribution in [1.29, 1.82) is 0 Å². The smallest absolute Gasteiger partial charge is 0.269 e. The Morgan fingerprint density at radius 1 is 1.00 bits per heavy atom. The van der Waals surface area contributed by atoms with Crippen molar-refractivity contribution < 1.29 is 9.59 Å². The average molecular weight is 472 g/mol. The van der Waals surface area contributed by atoms with Gasteiger partial charge in [-0.2, -0.15) is 0 Å². The maximum atomic E-state index is 12.7. The summed E-state index contributed by atoms with van der Waals surface area (Å²) in [6.45, 7) is 0. The monoisotopic (exact) mass is 471 g/mol. The van der Waals surface area contributed by atoms with Crippen molar-refractivity contribution in [3.63, 3.8) is 0 Å². The van der Waals surface area contributed by atoms with Crippen LogP contribution in [0.25, 0.3) is 10.1 Å². The third kappa shape index (κ3) is 5.23. The highest BCUT2D eigenvalue weighted by atomic mass is 35.5. The molecule has 3 N–H and O–H groups in total. The number of carbonyl (C=O) groups excluding carboxylic acids is 2. The van der Waals surface area contributed by atoms with E-state index in [9.17, 15) is 9.59 Å². The van der Waals surface area contributed by atoms with E-state index in [4.69, 9.17) is 23.8 Å². The lowest BCUT2D eigenvalue weighted by atomic mass is 9.95. The Hall–Kier alpha value is -2.48. The Bertz CT molecular complexity index is 1140. The van der Waals surface area contributed by atoms with E-state index in [-0.39, 0.29) is 23.0 Å². The largest absolute Gasteiger partial charge is 0.349 e. The predicted octanol–water partition coefficient (Wildman–Crippen LogP) is 5.74. The van der Waals surface area contributed by atoms with Crippen molar-refractivity contribution in [2.24, 2.45) is 0 Å². The zero-order chi connectivity index (χ0) is 21.8. The molecule has 0 unspecified atom stereocenters. The van der Waals surface area contributed by atoms with Crippen LogP contribution >= 0.6 is 35.2 Å². The highest BCUT2D eigenvalue weighted by Gasteiger charge is 2.19. The van der Waals surface area contributed by atoms with Gasteiger partial charge in [-0.25, -0.2) is 0 Å². The molecular weight excluding hydrogens is 450 g/mol. The Kier molecular flexibility index (Phi) is 6.85. The molecule has 0 atom stereocenters. The van der Waals surface area contributed by atoms with Gasteiger partial charge in [0.25, 0.3) is 11.8 Å². The van der Waals surface area contributed by atoms with Gasteiger partial charge >= 0.3 is 0 Å². The molecule has 31 heavy (non-hydrogen) atoms. The Morgan fingerprint density at radius 2 is 1.77 bits per heavy atom. The van der Waals surface area contributed by atoms with Gasteiger partial charge in [0, 0.05) is 27.4 Å². The molecule has 4 rings (SSSR count). The number of hydrogen-bond acceptors (Lipinski definition) is 4. The number of thiocarbonyl (C=S) groups is 1. The minimum absolute atomic E-state index is 0.0949. The van der Waals surface area contributed by atoms with E-state index in [0.29, 0.717) is 21.2 Å². The molecule has 1 fully saturated rings. The van der Waals surface area contributed by atoms with Crippen LogP contribution in [-0.2, 0) is 0 Å². The van der Waals surface area contributed by atoms with Gasteiger partial charge in [-0.1, -0.05) is 55.1 Å². The Labute approximate surface area is 195 Å². The number of carbonyl (C=O) groups is 2. The van der Waals surface area contributed by atoms with Crippen molar-refractivity contribution in [3.05, 3.63) is 64.0 Å². The van der Waals surface area contributed by atoms with Crippen LogP contribution in [0.5, 0.6) is 0 Å². The molecule has 1 heterocycles. The first-order valence-electron chi connectivity index (χ1n) is 10.2. The molecule has 0 radical (unpaired) electrons. The summed E-state index contributed by atoms with van der Waals surface area (Å²) in [4.78, 5) is 25.6. The summed E-state index contributed by atoms with van der Waals surface area (Å²) in [5.41, 5.74) is 1.18. The molecule has 1 saturated carbocycles. The van der Waals surface area contributed by atoms with E-state index >= 15 is 0 Å². The number of benzene rings is 2. The number of halogens is 1. The van der Waals surface area contributed by atoms with Crippen LogP contribution < -0.4 is 16.0 Å². The summed E-state index contributed by atoms with van der Waals surface area (Å²) < 4.78 is 0.938. The van der Waals surface area contributed by atoms with E-state index in [1.807, 2.05) is 24.3 Å². The lowest BCUT2D eigenvalue weighted by molar-refractivity contribution is 0.0926. The van der Waals surface area contributed by atoms with E-state index in [0.717, 1.165) is 35.8 Å². The number of nitrogens with one attached hydrogen (secondary N) is 3. The van der Waals surface area contributed by atoms with Crippen LogP contribution in [0.1, 0.15) is 52.1 Å². The van der Waals surface area contributed by atoms with E-state index < -0.39 is 0 Å². The normalized spacial score (nSPS) is 14.2. The molecule has 3 aromatic rings. The minimum atomic E-state index is -0.366. The molecule has 0 saturated heterocycles. The van der Waals surface area contributed by atoms with Crippen molar-refractivity contribution >= 4 is 67.9 Å². The molecular formula is C23H22ClN3O2S2. The van der Waals surface area contributed by atoms with Crippen molar-refractivity contribution in [2.75, 3.05) is 5.32 Å². The fourth-order valence-corrected chi connectivity index (χ4v) is 5.36. The van der Waals surface area contributed by atoms with Gasteiger partial charge in [-0.05, 0) is 49.3 Å². The average Bonchev–Trinajstić information content (AvgIpc) is 3.11. The second kappa shape index (κ2) is 9.77. The van der Waals surface area contributed by atoms with E-state index in [2.05, 4.69) is 16.0 Å². The zero-order valence-electron chi connectivity index (χ0n) is 16.7. The van der Waals surface area contributed by atoms with Crippen LogP contribution in [0.2, 0.25) is 5.02 Å². The van der Waals surface area contributed by atoms with Crippen molar-refractivity contribution in [3.8, 4) is 0 Å². The first-order valence-corrected chi connectivity index (χ1v) is 11.8. The van der Waals surface area contributed by atoms with Crippen LogP contribution in [0.3, 0.4) is 0 Å². The van der Waals surface area contributed by atoms with Crippen LogP contribution in [0.4, 0.5) is 5.69 Å². The molecule has 1 aliphatic carbocycles. The van der Waals surface area contributed by atoms with Gasteiger partial charge in [0.15, 0.2) is 5.11 Å². The Balaban J connectivity index is 1.39. The second-order valence-electron chi connectivity index (χ2n) is 7.54. The summed E-state index contributed by atoms with van der Waals surface area (Å²) in [6.07, 6.45) is 5.61. The van der Waals surface area contributed by atoms with Gasteiger partial charge in [-0.3, -0.25) is 14.9 Å². The molecule has 160 valence electrons. The number of amides is 2. The molecule has 2 amide bonds. The maximum absolute atomic E-state index is 12.7. The van der Waals surface area contributed by atoms with Gasteiger partial charge < -0.3 is 10.6 Å². The van der Waals surface area contributed by atoms with Crippen molar-refractivity contribution in [1.82, 2.24) is 10.6 Å². The fraction of sp³-hybridized carbons (Fsp3) is 0.261. The number of rotatable bonds is 4. The van der Waals surface area contributed by atoms with Crippen LogP contribution in [0, 0.1) is 0 Å². The molecule has 0 spiro atoms. The van der Waals surface area contributed by atoms with Crippen LogP contribution in [-0.4, -0.2) is 23.0 Å². The molecule has 0 aliphatic heterocycles. The number of hydrogen-bond donors (Lipinski definition) is 3. The van der Waals surface area contributed by atoms with Crippen molar-refractivity contribution in [2.45, 2.75) is 38.1 Å². The highest BCUT2D eigenvalue weighted by molar-refractivity contribution is 7.80. The summed E-state index contributed by atoms with van der Waals surface area (Å²) >= 11 is 13.0. The highest BCUT2D eigenvalue weighted by Crippen LogP contribution is 2.35. The number of fused-ring (bicyclic) bond motifs is 1. The third-order valence-electron chi connectivity index (χ3n) is 5.29. The zero-order valence-corrected chi connectivity index (χ0v) is 19.1. The Morgan fingerprint density at radius 3 is 2.55 bits per heavy atom. The van der Waals surface area contributed by atoms with E-state index in [1.54, 1.807) is 24.3 Å². The molecule has 0 bridgehead atoms. The van der Waals surface area contributed by atoms with Gasteiger partial charge in [0.1, 0.15) is 4.88 Å². The van der Waals surface area contributed by atoms with Crippen LogP contribution in [0.15, 0.2) is 48.5 Å². The summed E-state index contributed by atoms with van der Waals surface area (Å²) in [7, 11) is 0. The molecule has 5 nitrogen and oxygen atoms in total. The SMILES string of the molecule is O=C(NC1CCCCC1)c1cccc(NC(=S)NC(=O)c2sc3ccccc3c2Cl)c1. The first-order chi connectivity index (χ1) is 15.0. The lowest BCUT2D eigenvalue weighted by Gasteiger charge is -2.22. The molecule has 1 aliphatic rings. The summed E-state index contributed by atoms with van der Waals surface area (Å²) in [5, 5.41) is 10.2. The topological polar surface area (TPSA) is 70.2 Å². The van der Waals surface area contributed by atoms with Gasteiger partial charge in [0.05, 0.1) is 5.02 Å². The number of thiophene rings is 1.